The molecule has 10 heteroatoms. The number of carbonyl (C=O) groups is 1. The molecule has 0 fully saturated rings. The van der Waals surface area contributed by atoms with Gasteiger partial charge in [-0.1, -0.05) is 17.7 Å². The van der Waals surface area contributed by atoms with Crippen LogP contribution in [0.25, 0.3) is 5.69 Å². The summed E-state index contributed by atoms with van der Waals surface area (Å²) >= 11 is 5.93. The SMILES string of the molecule is COc1cc(CN(C)C(=O)c2nn(-c3ccc(Cl)cc3)c(C)cc2=O)ccc1OC(F)F. The quantitative estimate of drug-likeness (QED) is 0.528. The molecule has 2 aromatic carbocycles. The highest BCUT2D eigenvalue weighted by atomic mass is 35.5. The first-order chi connectivity index (χ1) is 15.2. The number of methoxy groups -OCH3 is 1. The fourth-order valence-corrected chi connectivity index (χ4v) is 3.20. The second-order valence-electron chi connectivity index (χ2n) is 6.91. The molecule has 3 aromatic rings. The summed E-state index contributed by atoms with van der Waals surface area (Å²) in [4.78, 5) is 26.7. The minimum atomic E-state index is -2.99. The molecule has 168 valence electrons. The van der Waals surface area contributed by atoms with Crippen molar-refractivity contribution in [3.05, 3.63) is 80.7 Å². The third-order valence-corrected chi connectivity index (χ3v) is 4.84. The molecule has 0 atom stereocenters. The number of aryl methyl sites for hydroxylation is 1. The standard InChI is InChI=1S/C22H20ClF2N3O4/c1-13-10-17(29)20(26-28(13)16-7-5-15(23)6-8-16)21(30)27(2)12-14-4-9-18(32-22(24)25)19(11-14)31-3/h4-11,22H,12H2,1-3H3. The Balaban J connectivity index is 1.86. The van der Waals surface area contributed by atoms with E-state index in [-0.39, 0.29) is 23.7 Å². The predicted molar refractivity (Wildman–Crippen MR) is 115 cm³/mol. The Morgan fingerprint density at radius 1 is 1.16 bits per heavy atom. The van der Waals surface area contributed by atoms with E-state index in [9.17, 15) is 18.4 Å². The Hall–Kier alpha value is -3.46. The number of rotatable bonds is 7. The van der Waals surface area contributed by atoms with Crippen LogP contribution in [0, 0.1) is 6.92 Å². The Morgan fingerprint density at radius 3 is 2.47 bits per heavy atom. The number of alkyl halides is 2. The molecule has 1 amide bonds. The summed E-state index contributed by atoms with van der Waals surface area (Å²) in [6, 6.07) is 12.5. The van der Waals surface area contributed by atoms with E-state index in [2.05, 4.69) is 9.84 Å². The van der Waals surface area contributed by atoms with Crippen LogP contribution < -0.4 is 14.9 Å². The molecule has 0 aliphatic rings. The second kappa shape index (κ2) is 9.78. The van der Waals surface area contributed by atoms with Gasteiger partial charge in [0.05, 0.1) is 12.8 Å². The summed E-state index contributed by atoms with van der Waals surface area (Å²) in [6.07, 6.45) is 0. The molecule has 7 nitrogen and oxygen atoms in total. The van der Waals surface area contributed by atoms with E-state index in [0.717, 1.165) is 0 Å². The number of aromatic nitrogens is 2. The highest BCUT2D eigenvalue weighted by molar-refractivity contribution is 6.30. The lowest BCUT2D eigenvalue weighted by molar-refractivity contribution is -0.0512. The Labute approximate surface area is 187 Å². The number of hydrogen-bond acceptors (Lipinski definition) is 5. The predicted octanol–water partition coefficient (Wildman–Crippen LogP) is 4.08. The molecule has 0 unspecified atom stereocenters. The van der Waals surface area contributed by atoms with E-state index < -0.39 is 17.9 Å². The molecule has 0 aliphatic carbocycles. The Kier molecular flexibility index (Phi) is 7.09. The van der Waals surface area contributed by atoms with Gasteiger partial charge in [-0.3, -0.25) is 9.59 Å². The third-order valence-electron chi connectivity index (χ3n) is 4.59. The molecule has 0 spiro atoms. The number of carbonyl (C=O) groups excluding carboxylic acids is 1. The Morgan fingerprint density at radius 2 is 1.84 bits per heavy atom. The van der Waals surface area contributed by atoms with Crippen molar-refractivity contribution >= 4 is 17.5 Å². The molecular formula is C22H20ClF2N3O4. The van der Waals surface area contributed by atoms with Gasteiger partial charge in [0.25, 0.3) is 5.91 Å². The monoisotopic (exact) mass is 463 g/mol. The normalized spacial score (nSPS) is 10.8. The van der Waals surface area contributed by atoms with Crippen LogP contribution in [-0.2, 0) is 6.54 Å². The van der Waals surface area contributed by atoms with E-state index in [0.29, 0.717) is 22.0 Å². The average Bonchev–Trinajstić information content (AvgIpc) is 2.75. The lowest BCUT2D eigenvalue weighted by atomic mass is 10.2. The highest BCUT2D eigenvalue weighted by Crippen LogP contribution is 2.29. The molecular weight excluding hydrogens is 444 g/mol. The van der Waals surface area contributed by atoms with Gasteiger partial charge in [0.1, 0.15) is 0 Å². The molecule has 0 bridgehead atoms. The first kappa shape index (κ1) is 23.2. The highest BCUT2D eigenvalue weighted by Gasteiger charge is 2.20. The number of hydrogen-bond donors (Lipinski definition) is 0. The average molecular weight is 464 g/mol. The van der Waals surface area contributed by atoms with Gasteiger partial charge in [-0.25, -0.2) is 4.68 Å². The first-order valence-corrected chi connectivity index (χ1v) is 9.81. The molecule has 32 heavy (non-hydrogen) atoms. The van der Waals surface area contributed by atoms with Gasteiger partial charge in [-0.05, 0) is 48.9 Å². The minimum Gasteiger partial charge on any atom is -0.493 e. The van der Waals surface area contributed by atoms with Crippen molar-refractivity contribution in [2.24, 2.45) is 0 Å². The van der Waals surface area contributed by atoms with Crippen LogP contribution in [0.4, 0.5) is 8.78 Å². The summed E-state index contributed by atoms with van der Waals surface area (Å²) in [5.41, 5.74) is 1.02. The maximum absolute atomic E-state index is 13.0. The molecule has 0 N–H and O–H groups in total. The third kappa shape index (κ3) is 5.23. The van der Waals surface area contributed by atoms with E-state index >= 15 is 0 Å². The van der Waals surface area contributed by atoms with E-state index in [1.807, 2.05) is 0 Å². The van der Waals surface area contributed by atoms with E-state index in [4.69, 9.17) is 16.3 Å². The van der Waals surface area contributed by atoms with Crippen molar-refractivity contribution in [1.29, 1.82) is 0 Å². The van der Waals surface area contributed by atoms with Gasteiger partial charge in [0, 0.05) is 30.4 Å². The summed E-state index contributed by atoms with van der Waals surface area (Å²) < 4.78 is 36.0. The molecule has 0 saturated carbocycles. The van der Waals surface area contributed by atoms with Crippen molar-refractivity contribution in [2.75, 3.05) is 14.2 Å². The smallest absolute Gasteiger partial charge is 0.387 e. The number of nitrogens with zero attached hydrogens (tertiary/aromatic N) is 3. The number of amides is 1. The number of ether oxygens (including phenoxy) is 2. The lowest BCUT2D eigenvalue weighted by Gasteiger charge is -2.19. The molecule has 1 aromatic heterocycles. The fraction of sp³-hybridized carbons (Fsp3) is 0.227. The topological polar surface area (TPSA) is 73.7 Å². The van der Waals surface area contributed by atoms with Crippen LogP contribution in [0.1, 0.15) is 21.7 Å². The summed E-state index contributed by atoms with van der Waals surface area (Å²) in [6.45, 7) is -1.20. The van der Waals surface area contributed by atoms with Gasteiger partial charge in [0.2, 0.25) is 5.43 Å². The van der Waals surface area contributed by atoms with Crippen LogP contribution in [-0.4, -0.2) is 41.4 Å². The van der Waals surface area contributed by atoms with Crippen molar-refractivity contribution in [1.82, 2.24) is 14.7 Å². The number of halogens is 3. The largest absolute Gasteiger partial charge is 0.493 e. The van der Waals surface area contributed by atoms with Gasteiger partial charge in [0.15, 0.2) is 17.2 Å². The van der Waals surface area contributed by atoms with Gasteiger partial charge >= 0.3 is 6.61 Å². The fourth-order valence-electron chi connectivity index (χ4n) is 3.07. The summed E-state index contributed by atoms with van der Waals surface area (Å²) in [7, 11) is 2.83. The van der Waals surface area contributed by atoms with E-state index in [1.54, 1.807) is 31.2 Å². The van der Waals surface area contributed by atoms with Gasteiger partial charge in [-0.15, -0.1) is 0 Å². The van der Waals surface area contributed by atoms with Crippen molar-refractivity contribution in [3.63, 3.8) is 0 Å². The zero-order valence-electron chi connectivity index (χ0n) is 17.5. The summed E-state index contributed by atoms with van der Waals surface area (Å²) in [5, 5.41) is 4.80. The van der Waals surface area contributed by atoms with Crippen LogP contribution in [0.15, 0.2) is 53.3 Å². The molecule has 0 saturated heterocycles. The first-order valence-electron chi connectivity index (χ1n) is 9.43. The second-order valence-corrected chi connectivity index (χ2v) is 7.35. The van der Waals surface area contributed by atoms with Crippen molar-refractivity contribution in [2.45, 2.75) is 20.1 Å². The van der Waals surface area contributed by atoms with Crippen LogP contribution in [0.5, 0.6) is 11.5 Å². The maximum atomic E-state index is 13.0. The van der Waals surface area contributed by atoms with Gasteiger partial charge in [-0.2, -0.15) is 13.9 Å². The van der Waals surface area contributed by atoms with Crippen LogP contribution >= 0.6 is 11.6 Å². The minimum absolute atomic E-state index is 0.0834. The van der Waals surface area contributed by atoms with Crippen LogP contribution in [0.2, 0.25) is 5.02 Å². The molecule has 0 radical (unpaired) electrons. The zero-order chi connectivity index (χ0) is 23.4. The molecule has 0 aliphatic heterocycles. The molecule has 1 heterocycles. The van der Waals surface area contributed by atoms with E-state index in [1.165, 1.54) is 48.0 Å². The Bertz CT molecular complexity index is 1180. The number of benzene rings is 2. The lowest BCUT2D eigenvalue weighted by Crippen LogP contribution is -2.33. The molecule has 3 rings (SSSR count). The van der Waals surface area contributed by atoms with Gasteiger partial charge < -0.3 is 14.4 Å². The van der Waals surface area contributed by atoms with Crippen molar-refractivity contribution < 1.29 is 23.0 Å². The maximum Gasteiger partial charge on any atom is 0.387 e. The van der Waals surface area contributed by atoms with Crippen molar-refractivity contribution in [3.8, 4) is 17.2 Å². The summed E-state index contributed by atoms with van der Waals surface area (Å²) in [5.74, 6) is -0.613. The van der Waals surface area contributed by atoms with Crippen LogP contribution in [0.3, 0.4) is 0 Å². The zero-order valence-corrected chi connectivity index (χ0v) is 18.3.